The van der Waals surface area contributed by atoms with Crippen molar-refractivity contribution in [3.05, 3.63) is 29.1 Å². The molecule has 186 valence electrons. The van der Waals surface area contributed by atoms with Gasteiger partial charge in [-0.2, -0.15) is 0 Å². The summed E-state index contributed by atoms with van der Waals surface area (Å²) in [6, 6.07) is 2.92. The number of halogens is 1. The molecule has 1 aliphatic carbocycles. The van der Waals surface area contributed by atoms with Crippen LogP contribution in [0.4, 0.5) is 4.39 Å². The summed E-state index contributed by atoms with van der Waals surface area (Å²) >= 11 is 1.47. The first-order valence-corrected chi connectivity index (χ1v) is 13.9. The van der Waals surface area contributed by atoms with Gasteiger partial charge < -0.3 is 10.2 Å². The average molecular weight is 490 g/mol. The lowest BCUT2D eigenvalue weighted by molar-refractivity contribution is -0.136. The largest absolute Gasteiger partial charge is 0.322 e. The van der Waals surface area contributed by atoms with Gasteiger partial charge >= 0.3 is 0 Å². The Labute approximate surface area is 205 Å². The molecule has 2 N–H and O–H groups in total. The molecule has 4 rings (SSSR count). The van der Waals surface area contributed by atoms with E-state index in [0.29, 0.717) is 22.4 Å². The fourth-order valence-corrected chi connectivity index (χ4v) is 6.39. The van der Waals surface area contributed by atoms with Crippen LogP contribution in [0.5, 0.6) is 0 Å². The number of thioether (sulfide) groups is 1. The van der Waals surface area contributed by atoms with Crippen LogP contribution in [-0.2, 0) is 16.1 Å². The lowest BCUT2D eigenvalue weighted by Gasteiger charge is -2.29. The number of hydrogen-bond acceptors (Lipinski definition) is 5. The topological polar surface area (TPSA) is 78.5 Å². The van der Waals surface area contributed by atoms with Crippen molar-refractivity contribution in [2.45, 2.75) is 101 Å². The summed E-state index contributed by atoms with van der Waals surface area (Å²) in [6.07, 6.45) is 13.0. The fourth-order valence-electron chi connectivity index (χ4n) is 5.29. The molecular formula is C26H36FN3O3S. The zero-order chi connectivity index (χ0) is 23.9. The standard InChI is InChI=1S/C26H36FN3O3S/c27-21-12-11-19-20(17-30(26(19)33)22-13-14-23(31)29-25(22)32)24(21)34-16-8-3-1-2-7-15-28-18-9-5-4-6-10-18/h11-12,18,22,28H,1-10,13-17H2,(H,29,31,32). The third kappa shape index (κ3) is 6.19. The number of nitrogens with one attached hydrogen (secondary N) is 2. The van der Waals surface area contributed by atoms with Crippen LogP contribution >= 0.6 is 11.8 Å². The maximum absolute atomic E-state index is 14.7. The van der Waals surface area contributed by atoms with Crippen LogP contribution in [0, 0.1) is 5.82 Å². The number of imide groups is 1. The minimum atomic E-state index is -0.675. The van der Waals surface area contributed by atoms with Crippen LogP contribution in [0.1, 0.15) is 93.0 Å². The van der Waals surface area contributed by atoms with Gasteiger partial charge in [-0.05, 0) is 56.5 Å². The van der Waals surface area contributed by atoms with Crippen LogP contribution < -0.4 is 10.6 Å². The van der Waals surface area contributed by atoms with Gasteiger partial charge in [0.1, 0.15) is 11.9 Å². The summed E-state index contributed by atoms with van der Waals surface area (Å²) in [6.45, 7) is 1.33. The normalized spacial score (nSPS) is 21.1. The molecule has 6 nitrogen and oxygen atoms in total. The summed E-state index contributed by atoms with van der Waals surface area (Å²) in [5, 5.41) is 6.00. The molecule has 0 aromatic heterocycles. The number of hydrogen-bond donors (Lipinski definition) is 2. The van der Waals surface area contributed by atoms with E-state index < -0.39 is 11.9 Å². The Hall–Kier alpha value is -1.93. The SMILES string of the molecule is O=C1CCC(N2Cc3c(ccc(F)c3SCCCCCCCNC3CCCCC3)C2=O)C(=O)N1. The van der Waals surface area contributed by atoms with Crippen LogP contribution in [0.3, 0.4) is 0 Å². The van der Waals surface area contributed by atoms with E-state index in [1.54, 1.807) is 0 Å². The molecule has 0 bridgehead atoms. The molecule has 0 radical (unpaired) electrons. The van der Waals surface area contributed by atoms with Crippen molar-refractivity contribution < 1.29 is 18.8 Å². The third-order valence-electron chi connectivity index (χ3n) is 7.22. The van der Waals surface area contributed by atoms with E-state index in [1.165, 1.54) is 80.2 Å². The molecule has 1 unspecified atom stereocenters. The smallest absolute Gasteiger partial charge is 0.255 e. The van der Waals surface area contributed by atoms with Crippen LogP contribution in [0.15, 0.2) is 17.0 Å². The van der Waals surface area contributed by atoms with Gasteiger partial charge in [-0.25, -0.2) is 4.39 Å². The highest BCUT2D eigenvalue weighted by atomic mass is 32.2. The number of carbonyl (C=O) groups is 3. The number of piperidine rings is 1. The van der Waals surface area contributed by atoms with Crippen molar-refractivity contribution in [1.29, 1.82) is 0 Å². The molecule has 1 saturated carbocycles. The number of rotatable bonds is 11. The first-order chi connectivity index (χ1) is 16.5. The minimum Gasteiger partial charge on any atom is -0.322 e. The van der Waals surface area contributed by atoms with E-state index in [0.717, 1.165) is 31.2 Å². The molecule has 1 saturated heterocycles. The highest BCUT2D eigenvalue weighted by Gasteiger charge is 2.40. The summed E-state index contributed by atoms with van der Waals surface area (Å²) in [5.41, 5.74) is 1.15. The van der Waals surface area contributed by atoms with Gasteiger partial charge in [0.2, 0.25) is 11.8 Å². The zero-order valence-electron chi connectivity index (χ0n) is 19.9. The Balaban J connectivity index is 1.20. The molecular weight excluding hydrogens is 453 g/mol. The molecule has 2 heterocycles. The predicted molar refractivity (Wildman–Crippen MR) is 131 cm³/mol. The summed E-state index contributed by atoms with van der Waals surface area (Å²) in [4.78, 5) is 38.6. The Morgan fingerprint density at radius 1 is 1.00 bits per heavy atom. The third-order valence-corrected chi connectivity index (χ3v) is 8.45. The molecule has 3 amide bonds. The minimum absolute atomic E-state index is 0.211. The van der Waals surface area contributed by atoms with E-state index in [2.05, 4.69) is 10.6 Å². The second-order valence-corrected chi connectivity index (χ2v) is 10.8. The molecule has 1 atom stereocenters. The zero-order valence-corrected chi connectivity index (χ0v) is 20.7. The van der Waals surface area contributed by atoms with Crippen molar-refractivity contribution in [2.24, 2.45) is 0 Å². The van der Waals surface area contributed by atoms with Crippen LogP contribution in [-0.4, -0.2) is 47.0 Å². The molecule has 34 heavy (non-hydrogen) atoms. The molecule has 2 fully saturated rings. The second kappa shape index (κ2) is 12.2. The van der Waals surface area contributed by atoms with E-state index in [-0.39, 0.29) is 30.6 Å². The van der Waals surface area contributed by atoms with Crippen molar-refractivity contribution in [1.82, 2.24) is 15.5 Å². The van der Waals surface area contributed by atoms with Gasteiger partial charge in [0.05, 0.1) is 0 Å². The summed E-state index contributed by atoms with van der Waals surface area (Å²) in [7, 11) is 0. The Morgan fingerprint density at radius 2 is 1.76 bits per heavy atom. The van der Waals surface area contributed by atoms with Crippen LogP contribution in [0.25, 0.3) is 0 Å². The highest BCUT2D eigenvalue weighted by molar-refractivity contribution is 7.99. The number of unbranched alkanes of at least 4 members (excludes halogenated alkanes) is 4. The lowest BCUT2D eigenvalue weighted by Crippen LogP contribution is -2.52. The van der Waals surface area contributed by atoms with Crippen molar-refractivity contribution >= 4 is 29.5 Å². The van der Waals surface area contributed by atoms with Gasteiger partial charge in [0.25, 0.3) is 5.91 Å². The van der Waals surface area contributed by atoms with E-state index >= 15 is 0 Å². The van der Waals surface area contributed by atoms with Crippen molar-refractivity contribution in [3.8, 4) is 0 Å². The van der Waals surface area contributed by atoms with E-state index in [4.69, 9.17) is 0 Å². The highest BCUT2D eigenvalue weighted by Crippen LogP contribution is 2.36. The summed E-state index contributed by atoms with van der Waals surface area (Å²) < 4.78 is 14.7. The molecule has 3 aliphatic rings. The predicted octanol–water partition coefficient (Wildman–Crippen LogP) is 4.55. The maximum atomic E-state index is 14.7. The lowest BCUT2D eigenvalue weighted by atomic mass is 9.95. The number of carbonyl (C=O) groups excluding carboxylic acids is 3. The van der Waals surface area contributed by atoms with Gasteiger partial charge in [-0.15, -0.1) is 11.8 Å². The Bertz CT molecular complexity index is 904. The Morgan fingerprint density at radius 3 is 2.56 bits per heavy atom. The summed E-state index contributed by atoms with van der Waals surface area (Å²) in [5.74, 6) is -0.516. The molecule has 0 spiro atoms. The fraction of sp³-hybridized carbons (Fsp3) is 0.654. The molecule has 1 aromatic rings. The average Bonchev–Trinajstić information content (AvgIpc) is 3.16. The van der Waals surface area contributed by atoms with E-state index in [9.17, 15) is 18.8 Å². The number of nitrogens with zero attached hydrogens (tertiary/aromatic N) is 1. The van der Waals surface area contributed by atoms with Gasteiger partial charge in [0, 0.05) is 35.0 Å². The molecule has 8 heteroatoms. The van der Waals surface area contributed by atoms with Gasteiger partial charge in [-0.3, -0.25) is 19.7 Å². The molecule has 2 aliphatic heterocycles. The maximum Gasteiger partial charge on any atom is 0.255 e. The van der Waals surface area contributed by atoms with Gasteiger partial charge in [-0.1, -0.05) is 38.5 Å². The first kappa shape index (κ1) is 25.2. The number of benzene rings is 1. The molecule has 1 aromatic carbocycles. The second-order valence-electron chi connectivity index (χ2n) is 9.71. The van der Waals surface area contributed by atoms with Gasteiger partial charge in [0.15, 0.2) is 0 Å². The van der Waals surface area contributed by atoms with Crippen LogP contribution in [0.2, 0.25) is 0 Å². The monoisotopic (exact) mass is 489 g/mol. The number of fused-ring (bicyclic) bond motifs is 1. The first-order valence-electron chi connectivity index (χ1n) is 12.9. The van der Waals surface area contributed by atoms with Crippen molar-refractivity contribution in [2.75, 3.05) is 12.3 Å². The Kier molecular flexibility index (Phi) is 9.00. The quantitative estimate of drug-likeness (QED) is 0.271. The van der Waals surface area contributed by atoms with Crippen molar-refractivity contribution in [3.63, 3.8) is 0 Å². The number of amides is 3. The van der Waals surface area contributed by atoms with E-state index in [1.807, 2.05) is 0 Å².